The fraction of sp³-hybridized carbons (Fsp3) is 0.833. The van der Waals surface area contributed by atoms with Crippen molar-refractivity contribution in [3.8, 4) is 0 Å². The lowest BCUT2D eigenvalue weighted by molar-refractivity contribution is 0.0734. The van der Waals surface area contributed by atoms with Crippen molar-refractivity contribution in [1.82, 2.24) is 15.5 Å². The Hall–Kier alpha value is -0.520. The fourth-order valence-electron chi connectivity index (χ4n) is 2.29. The monoisotopic (exact) mass is 255 g/mol. The topological polar surface area (TPSA) is 47.0 Å². The van der Waals surface area contributed by atoms with Gasteiger partial charge in [0.2, 0.25) is 0 Å². The van der Waals surface area contributed by atoms with Gasteiger partial charge in [-0.1, -0.05) is 6.92 Å². The zero-order chi connectivity index (χ0) is 12.3. The average molecular weight is 255 g/mol. The van der Waals surface area contributed by atoms with Crippen LogP contribution in [-0.4, -0.2) is 29.0 Å². The van der Waals surface area contributed by atoms with Gasteiger partial charge in [-0.15, -0.1) is 21.5 Å². The predicted molar refractivity (Wildman–Crippen MR) is 69.2 cm³/mol. The minimum Gasteiger partial charge on any atom is -0.377 e. The van der Waals surface area contributed by atoms with Gasteiger partial charge in [0.05, 0.1) is 12.1 Å². The molecule has 1 aliphatic heterocycles. The molecule has 0 radical (unpaired) electrons. The zero-order valence-electron chi connectivity index (χ0n) is 10.8. The second-order valence-electron chi connectivity index (χ2n) is 4.61. The molecule has 3 atom stereocenters. The molecule has 0 aliphatic carbocycles. The van der Waals surface area contributed by atoms with Crippen LogP contribution in [0.25, 0.3) is 0 Å². The molecular formula is C12H21N3OS. The molecule has 1 fully saturated rings. The average Bonchev–Trinajstić information content (AvgIpc) is 2.96. The first-order chi connectivity index (χ1) is 8.20. The highest BCUT2D eigenvalue weighted by atomic mass is 32.1. The van der Waals surface area contributed by atoms with Crippen molar-refractivity contribution in [1.29, 1.82) is 0 Å². The number of ether oxygens (including phenoxy) is 1. The molecule has 4 nitrogen and oxygen atoms in total. The summed E-state index contributed by atoms with van der Waals surface area (Å²) in [6.45, 7) is 7.26. The zero-order valence-corrected chi connectivity index (χ0v) is 11.6. The van der Waals surface area contributed by atoms with Gasteiger partial charge in [0.15, 0.2) is 0 Å². The summed E-state index contributed by atoms with van der Waals surface area (Å²) < 4.78 is 5.75. The third kappa shape index (κ3) is 3.24. The van der Waals surface area contributed by atoms with Crippen LogP contribution in [0.4, 0.5) is 0 Å². The van der Waals surface area contributed by atoms with E-state index in [1.807, 2.05) is 6.92 Å². The molecule has 1 saturated heterocycles. The maximum absolute atomic E-state index is 5.75. The molecule has 2 rings (SSSR count). The summed E-state index contributed by atoms with van der Waals surface area (Å²) in [6, 6.07) is 0.687. The number of nitrogens with one attached hydrogen (secondary N) is 1. The molecule has 0 aromatic carbocycles. The third-order valence-electron chi connectivity index (χ3n) is 3.23. The Kier molecular flexibility index (Phi) is 4.48. The summed E-state index contributed by atoms with van der Waals surface area (Å²) >= 11 is 1.67. The molecule has 1 aliphatic rings. The van der Waals surface area contributed by atoms with E-state index in [9.17, 15) is 0 Å². The summed E-state index contributed by atoms with van der Waals surface area (Å²) in [7, 11) is 0. The van der Waals surface area contributed by atoms with Crippen molar-refractivity contribution in [3.05, 3.63) is 10.0 Å². The van der Waals surface area contributed by atoms with Gasteiger partial charge in [0.1, 0.15) is 10.0 Å². The number of aromatic nitrogens is 2. The molecular weight excluding hydrogens is 234 g/mol. The van der Waals surface area contributed by atoms with Crippen molar-refractivity contribution in [2.24, 2.45) is 0 Å². The quantitative estimate of drug-likeness (QED) is 0.878. The lowest BCUT2D eigenvalue weighted by atomic mass is 10.0. The molecule has 0 amide bonds. The minimum absolute atomic E-state index is 0.260. The van der Waals surface area contributed by atoms with E-state index in [2.05, 4.69) is 29.4 Å². The van der Waals surface area contributed by atoms with Crippen LogP contribution >= 0.6 is 11.3 Å². The van der Waals surface area contributed by atoms with Gasteiger partial charge in [-0.3, -0.25) is 0 Å². The number of hydrogen-bond donors (Lipinski definition) is 1. The van der Waals surface area contributed by atoms with Crippen LogP contribution in [0.3, 0.4) is 0 Å². The van der Waals surface area contributed by atoms with E-state index >= 15 is 0 Å². The summed E-state index contributed by atoms with van der Waals surface area (Å²) in [5.41, 5.74) is 0. The Morgan fingerprint density at radius 1 is 1.53 bits per heavy atom. The van der Waals surface area contributed by atoms with Crippen LogP contribution in [0, 0.1) is 6.92 Å². The van der Waals surface area contributed by atoms with Gasteiger partial charge in [-0.2, -0.15) is 0 Å². The van der Waals surface area contributed by atoms with Gasteiger partial charge >= 0.3 is 0 Å². The van der Waals surface area contributed by atoms with E-state index in [4.69, 9.17) is 4.74 Å². The van der Waals surface area contributed by atoms with Crippen molar-refractivity contribution >= 4 is 11.3 Å². The van der Waals surface area contributed by atoms with E-state index in [1.165, 1.54) is 12.8 Å². The van der Waals surface area contributed by atoms with Gasteiger partial charge in [-0.25, -0.2) is 0 Å². The third-order valence-corrected chi connectivity index (χ3v) is 4.25. The summed E-state index contributed by atoms with van der Waals surface area (Å²) in [6.07, 6.45) is 3.83. The first-order valence-corrected chi connectivity index (χ1v) is 7.20. The highest BCUT2D eigenvalue weighted by Crippen LogP contribution is 2.22. The van der Waals surface area contributed by atoms with E-state index < -0.39 is 0 Å². The second kappa shape index (κ2) is 5.89. The maximum atomic E-state index is 5.75. The van der Waals surface area contributed by atoms with Gasteiger partial charge in [0, 0.05) is 12.6 Å². The Bertz CT molecular complexity index is 349. The lowest BCUT2D eigenvalue weighted by Crippen LogP contribution is -2.40. The molecule has 96 valence electrons. The summed E-state index contributed by atoms with van der Waals surface area (Å²) in [5.74, 6) is 0. The SMILES string of the molecule is CC[C@H](N[C@@H](C)c1nnc(C)s1)[C@@H]1CCCO1. The molecule has 0 spiro atoms. The van der Waals surface area contributed by atoms with Crippen molar-refractivity contribution in [2.45, 2.75) is 58.2 Å². The molecule has 2 heterocycles. The molecule has 1 aromatic heterocycles. The highest BCUT2D eigenvalue weighted by Gasteiger charge is 2.26. The first-order valence-electron chi connectivity index (χ1n) is 6.38. The molecule has 0 unspecified atom stereocenters. The molecule has 0 saturated carbocycles. The largest absolute Gasteiger partial charge is 0.377 e. The Morgan fingerprint density at radius 3 is 2.88 bits per heavy atom. The van der Waals surface area contributed by atoms with Crippen molar-refractivity contribution < 1.29 is 4.74 Å². The Labute approximate surface area is 107 Å². The standard InChI is InChI=1S/C12H21N3OS/c1-4-10(11-6-5-7-16-11)13-8(2)12-15-14-9(3)17-12/h8,10-11,13H,4-7H2,1-3H3/t8-,10-,11-/m0/s1. The van der Waals surface area contributed by atoms with Crippen molar-refractivity contribution in [3.63, 3.8) is 0 Å². The van der Waals surface area contributed by atoms with Gasteiger partial charge in [0.25, 0.3) is 0 Å². The summed E-state index contributed by atoms with van der Waals surface area (Å²) in [5, 5.41) is 14.0. The van der Waals surface area contributed by atoms with E-state index in [1.54, 1.807) is 11.3 Å². The van der Waals surface area contributed by atoms with E-state index in [0.29, 0.717) is 12.1 Å². The van der Waals surface area contributed by atoms with Crippen molar-refractivity contribution in [2.75, 3.05) is 6.61 Å². The fourth-order valence-corrected chi connectivity index (χ4v) is 3.00. The number of hydrogen-bond acceptors (Lipinski definition) is 5. The van der Waals surface area contributed by atoms with Crippen LogP contribution in [0.15, 0.2) is 0 Å². The van der Waals surface area contributed by atoms with E-state index in [-0.39, 0.29) is 6.04 Å². The van der Waals surface area contributed by atoms with E-state index in [0.717, 1.165) is 23.0 Å². The minimum atomic E-state index is 0.260. The molecule has 1 aromatic rings. The number of nitrogens with zero attached hydrogens (tertiary/aromatic N) is 2. The first kappa shape index (κ1) is 12.9. The van der Waals surface area contributed by atoms with Gasteiger partial charge < -0.3 is 10.1 Å². The van der Waals surface area contributed by atoms with Crippen LogP contribution < -0.4 is 5.32 Å². The number of rotatable bonds is 5. The molecule has 1 N–H and O–H groups in total. The molecule has 0 bridgehead atoms. The smallest absolute Gasteiger partial charge is 0.134 e. The lowest BCUT2D eigenvalue weighted by Gasteiger charge is -2.25. The van der Waals surface area contributed by atoms with Crippen LogP contribution in [0.1, 0.15) is 49.2 Å². The van der Waals surface area contributed by atoms with Crippen LogP contribution in [-0.2, 0) is 4.74 Å². The predicted octanol–water partition coefficient (Wildman–Crippen LogP) is 2.45. The number of aryl methyl sites for hydroxylation is 1. The normalized spacial score (nSPS) is 23.8. The summed E-state index contributed by atoms with van der Waals surface area (Å²) in [4.78, 5) is 0. The second-order valence-corrected chi connectivity index (χ2v) is 5.83. The Balaban J connectivity index is 1.93. The van der Waals surface area contributed by atoms with Crippen LogP contribution in [0.5, 0.6) is 0 Å². The Morgan fingerprint density at radius 2 is 2.35 bits per heavy atom. The molecule has 17 heavy (non-hydrogen) atoms. The van der Waals surface area contributed by atoms with Gasteiger partial charge in [-0.05, 0) is 33.1 Å². The molecule has 5 heteroatoms. The highest BCUT2D eigenvalue weighted by molar-refractivity contribution is 7.11. The van der Waals surface area contributed by atoms with Crippen LogP contribution in [0.2, 0.25) is 0 Å². The maximum Gasteiger partial charge on any atom is 0.134 e.